The molecule has 0 aliphatic carbocycles. The van der Waals surface area contributed by atoms with Crippen LogP contribution in [0.3, 0.4) is 0 Å². The number of nitrogens with zero attached hydrogens (tertiary/aromatic N) is 2. The lowest BCUT2D eigenvalue weighted by atomic mass is 10.1. The fourth-order valence-electron chi connectivity index (χ4n) is 1.65. The fourth-order valence-corrected chi connectivity index (χ4v) is 1.65. The molecule has 0 aliphatic rings. The van der Waals surface area contributed by atoms with Gasteiger partial charge >= 0.3 is 5.97 Å². The van der Waals surface area contributed by atoms with E-state index in [0.717, 1.165) is 17.0 Å². The summed E-state index contributed by atoms with van der Waals surface area (Å²) in [4.78, 5) is 10.7. The highest BCUT2D eigenvalue weighted by Gasteiger charge is 2.07. The standard InChI is InChI=1S/C13H14N2O2/c1-10(16)17-9-12-8-13(15(2)14-12)11-6-4-3-5-7-11/h3-8H,9H2,1-2H3. The minimum Gasteiger partial charge on any atom is -0.459 e. The molecule has 2 aromatic rings. The van der Waals surface area contributed by atoms with Gasteiger partial charge < -0.3 is 4.74 Å². The number of carbonyl (C=O) groups excluding carboxylic acids is 1. The number of aromatic nitrogens is 2. The Morgan fingerprint density at radius 1 is 1.35 bits per heavy atom. The van der Waals surface area contributed by atoms with Crippen molar-refractivity contribution in [2.24, 2.45) is 7.05 Å². The van der Waals surface area contributed by atoms with E-state index >= 15 is 0 Å². The molecular formula is C13H14N2O2. The SMILES string of the molecule is CC(=O)OCc1cc(-c2ccccc2)n(C)n1. The summed E-state index contributed by atoms with van der Waals surface area (Å²) in [5.41, 5.74) is 2.85. The Balaban J connectivity index is 2.22. The summed E-state index contributed by atoms with van der Waals surface area (Å²) in [5.74, 6) is -0.295. The van der Waals surface area contributed by atoms with Crippen molar-refractivity contribution in [3.05, 3.63) is 42.1 Å². The lowest BCUT2D eigenvalue weighted by molar-refractivity contribution is -0.142. The Morgan fingerprint density at radius 3 is 2.71 bits per heavy atom. The van der Waals surface area contributed by atoms with Gasteiger partial charge in [0.05, 0.1) is 5.69 Å². The van der Waals surface area contributed by atoms with Crippen LogP contribution in [0.4, 0.5) is 0 Å². The topological polar surface area (TPSA) is 44.1 Å². The largest absolute Gasteiger partial charge is 0.459 e. The highest BCUT2D eigenvalue weighted by molar-refractivity contribution is 5.66. The van der Waals surface area contributed by atoms with Crippen molar-refractivity contribution in [2.75, 3.05) is 0 Å². The average molecular weight is 230 g/mol. The van der Waals surface area contributed by atoms with E-state index in [4.69, 9.17) is 4.74 Å². The first kappa shape index (κ1) is 11.4. The van der Waals surface area contributed by atoms with Crippen LogP contribution in [-0.2, 0) is 23.2 Å². The molecule has 4 heteroatoms. The molecule has 1 aromatic heterocycles. The van der Waals surface area contributed by atoms with Crippen LogP contribution in [0.25, 0.3) is 11.3 Å². The van der Waals surface area contributed by atoms with E-state index in [0.29, 0.717) is 0 Å². The van der Waals surface area contributed by atoms with Gasteiger partial charge in [-0.15, -0.1) is 0 Å². The highest BCUT2D eigenvalue weighted by Crippen LogP contribution is 2.19. The molecule has 0 saturated heterocycles. The molecule has 0 spiro atoms. The quantitative estimate of drug-likeness (QED) is 0.759. The van der Waals surface area contributed by atoms with Crippen molar-refractivity contribution in [3.63, 3.8) is 0 Å². The molecule has 0 radical (unpaired) electrons. The molecular weight excluding hydrogens is 216 g/mol. The molecule has 2 rings (SSSR count). The number of benzene rings is 1. The third-order valence-electron chi connectivity index (χ3n) is 2.42. The molecule has 0 amide bonds. The van der Waals surface area contributed by atoms with Gasteiger partial charge in [0.1, 0.15) is 12.3 Å². The van der Waals surface area contributed by atoms with E-state index in [2.05, 4.69) is 5.10 Å². The van der Waals surface area contributed by atoms with Crippen LogP contribution < -0.4 is 0 Å². The van der Waals surface area contributed by atoms with Crippen LogP contribution in [-0.4, -0.2) is 15.7 Å². The molecule has 1 heterocycles. The Morgan fingerprint density at radius 2 is 2.06 bits per heavy atom. The number of carbonyl (C=O) groups is 1. The van der Waals surface area contributed by atoms with Gasteiger partial charge in [0.25, 0.3) is 0 Å². The van der Waals surface area contributed by atoms with Crippen molar-refractivity contribution in [2.45, 2.75) is 13.5 Å². The molecule has 1 aromatic carbocycles. The summed E-state index contributed by atoms with van der Waals surface area (Å²) in [5, 5.41) is 4.30. The molecule has 0 aliphatic heterocycles. The smallest absolute Gasteiger partial charge is 0.303 e. The maximum Gasteiger partial charge on any atom is 0.303 e. The first-order chi connectivity index (χ1) is 8.16. The third kappa shape index (κ3) is 2.72. The zero-order valence-corrected chi connectivity index (χ0v) is 9.88. The maximum atomic E-state index is 10.7. The van der Waals surface area contributed by atoms with Gasteiger partial charge in [0, 0.05) is 14.0 Å². The first-order valence-corrected chi connectivity index (χ1v) is 5.38. The number of rotatable bonds is 3. The van der Waals surface area contributed by atoms with Crippen molar-refractivity contribution in [3.8, 4) is 11.3 Å². The Labute approximate surface area is 99.8 Å². The summed E-state index contributed by atoms with van der Waals surface area (Å²) in [6, 6.07) is 11.9. The van der Waals surface area contributed by atoms with Crippen LogP contribution >= 0.6 is 0 Å². The molecule has 88 valence electrons. The summed E-state index contributed by atoms with van der Waals surface area (Å²) in [6.45, 7) is 1.61. The normalized spacial score (nSPS) is 10.2. The van der Waals surface area contributed by atoms with Crippen molar-refractivity contribution in [1.82, 2.24) is 9.78 Å². The van der Waals surface area contributed by atoms with Crippen molar-refractivity contribution in [1.29, 1.82) is 0 Å². The first-order valence-electron chi connectivity index (χ1n) is 5.38. The summed E-state index contributed by atoms with van der Waals surface area (Å²) >= 11 is 0. The number of hydrogen-bond donors (Lipinski definition) is 0. The van der Waals surface area contributed by atoms with E-state index in [1.165, 1.54) is 6.92 Å². The molecule has 4 nitrogen and oxygen atoms in total. The molecule has 0 saturated carbocycles. The maximum absolute atomic E-state index is 10.7. The van der Waals surface area contributed by atoms with Gasteiger partial charge in [-0.25, -0.2) is 0 Å². The molecule has 0 bridgehead atoms. The number of esters is 1. The van der Waals surface area contributed by atoms with E-state index in [1.807, 2.05) is 43.4 Å². The average Bonchev–Trinajstić information content (AvgIpc) is 2.69. The van der Waals surface area contributed by atoms with E-state index in [1.54, 1.807) is 4.68 Å². The van der Waals surface area contributed by atoms with Crippen LogP contribution in [0.5, 0.6) is 0 Å². The Kier molecular flexibility index (Phi) is 3.23. The van der Waals surface area contributed by atoms with Crippen LogP contribution in [0.1, 0.15) is 12.6 Å². The van der Waals surface area contributed by atoms with Gasteiger partial charge in [-0.05, 0) is 11.6 Å². The monoisotopic (exact) mass is 230 g/mol. The van der Waals surface area contributed by atoms with Crippen LogP contribution in [0.15, 0.2) is 36.4 Å². The molecule has 0 unspecified atom stereocenters. The predicted octanol–water partition coefficient (Wildman–Crippen LogP) is 2.15. The molecule has 0 N–H and O–H groups in total. The summed E-state index contributed by atoms with van der Waals surface area (Å²) < 4.78 is 6.70. The molecule has 0 fully saturated rings. The van der Waals surface area contributed by atoms with Crippen LogP contribution in [0, 0.1) is 0 Å². The number of aryl methyl sites for hydroxylation is 1. The van der Waals surface area contributed by atoms with Gasteiger partial charge in [0.2, 0.25) is 0 Å². The molecule has 17 heavy (non-hydrogen) atoms. The third-order valence-corrected chi connectivity index (χ3v) is 2.42. The second-order valence-electron chi connectivity index (χ2n) is 3.79. The molecule has 0 atom stereocenters. The zero-order valence-electron chi connectivity index (χ0n) is 9.88. The second-order valence-corrected chi connectivity index (χ2v) is 3.79. The summed E-state index contributed by atoms with van der Waals surface area (Å²) in [6.07, 6.45) is 0. The number of ether oxygens (including phenoxy) is 1. The highest BCUT2D eigenvalue weighted by atomic mass is 16.5. The van der Waals surface area contributed by atoms with Crippen molar-refractivity contribution < 1.29 is 9.53 Å². The zero-order chi connectivity index (χ0) is 12.3. The Hall–Kier alpha value is -2.10. The van der Waals surface area contributed by atoms with Gasteiger partial charge in [-0.3, -0.25) is 9.48 Å². The number of hydrogen-bond acceptors (Lipinski definition) is 3. The van der Waals surface area contributed by atoms with Crippen molar-refractivity contribution >= 4 is 5.97 Å². The minimum absolute atomic E-state index is 0.218. The van der Waals surface area contributed by atoms with Gasteiger partial charge in [0.15, 0.2) is 0 Å². The van der Waals surface area contributed by atoms with Crippen LogP contribution in [0.2, 0.25) is 0 Å². The van der Waals surface area contributed by atoms with E-state index in [-0.39, 0.29) is 12.6 Å². The predicted molar refractivity (Wildman–Crippen MR) is 64.1 cm³/mol. The summed E-state index contributed by atoms with van der Waals surface area (Å²) in [7, 11) is 1.87. The second kappa shape index (κ2) is 4.82. The van der Waals surface area contributed by atoms with Gasteiger partial charge in [-0.2, -0.15) is 5.10 Å². The lowest BCUT2D eigenvalue weighted by Crippen LogP contribution is -2.00. The fraction of sp³-hybridized carbons (Fsp3) is 0.231. The van der Waals surface area contributed by atoms with E-state index < -0.39 is 0 Å². The lowest BCUT2D eigenvalue weighted by Gasteiger charge is -1.99. The van der Waals surface area contributed by atoms with E-state index in [9.17, 15) is 4.79 Å². The Bertz CT molecular complexity index is 517. The van der Waals surface area contributed by atoms with Gasteiger partial charge in [-0.1, -0.05) is 30.3 Å². The minimum atomic E-state index is -0.295.